The molecule has 1 saturated heterocycles. The standard InChI is InChI=1S/C23H28F4N6O2.C2HF3O2/c1-31(2)23(34)33-10-7-17-18(13-33)29-21(28-12-20(26)27)22(30-17)32-8-5-15(6-9-32)35-19-4-3-14(24)11-16(19)25;3-2(4,5)1(6)7/h3-4,11,15,20H,5-10,12-13H2,1-2H3,(H,28,29);(H,6,7). The molecule has 2 N–H and O–H groups in total. The molecule has 0 spiro atoms. The van der Waals surface area contributed by atoms with Crippen LogP contribution in [0.15, 0.2) is 18.2 Å². The monoisotopic (exact) mass is 610 g/mol. The molecule has 0 atom stereocenters. The van der Waals surface area contributed by atoms with Crippen molar-refractivity contribution in [3.05, 3.63) is 41.2 Å². The number of carboxylic acid groups (broad SMARTS) is 1. The number of amides is 2. The van der Waals surface area contributed by atoms with Gasteiger partial charge in [-0.15, -0.1) is 0 Å². The number of rotatable bonds is 6. The Labute approximate surface area is 236 Å². The fourth-order valence-corrected chi connectivity index (χ4v) is 4.22. The number of anilines is 2. The Bertz CT molecular complexity index is 1260. The van der Waals surface area contributed by atoms with E-state index in [1.807, 2.05) is 4.90 Å². The van der Waals surface area contributed by atoms with Crippen LogP contribution in [0.5, 0.6) is 5.75 Å². The van der Waals surface area contributed by atoms with Crippen LogP contribution in [0.2, 0.25) is 0 Å². The van der Waals surface area contributed by atoms with Crippen molar-refractivity contribution < 1.29 is 50.2 Å². The van der Waals surface area contributed by atoms with Crippen molar-refractivity contribution >= 4 is 23.6 Å². The van der Waals surface area contributed by atoms with E-state index in [9.17, 15) is 35.5 Å². The molecule has 17 heteroatoms. The van der Waals surface area contributed by atoms with Gasteiger partial charge in [-0.1, -0.05) is 0 Å². The maximum Gasteiger partial charge on any atom is 0.490 e. The van der Waals surface area contributed by atoms with Gasteiger partial charge in [0.1, 0.15) is 11.9 Å². The molecule has 232 valence electrons. The smallest absolute Gasteiger partial charge is 0.487 e. The van der Waals surface area contributed by atoms with Gasteiger partial charge in [-0.25, -0.2) is 37.1 Å². The van der Waals surface area contributed by atoms with Crippen molar-refractivity contribution in [2.24, 2.45) is 0 Å². The highest BCUT2D eigenvalue weighted by molar-refractivity contribution is 5.74. The van der Waals surface area contributed by atoms with E-state index in [1.54, 1.807) is 19.0 Å². The van der Waals surface area contributed by atoms with Gasteiger partial charge < -0.3 is 29.9 Å². The third-order valence-corrected chi connectivity index (χ3v) is 6.24. The zero-order valence-electron chi connectivity index (χ0n) is 22.6. The summed E-state index contributed by atoms with van der Waals surface area (Å²) in [6.07, 6.45) is -6.35. The topological polar surface area (TPSA) is 111 Å². The van der Waals surface area contributed by atoms with Crippen LogP contribution in [0.1, 0.15) is 24.2 Å². The molecule has 1 fully saturated rings. The minimum atomic E-state index is -5.08. The number of aliphatic carboxylic acids is 1. The molecule has 3 heterocycles. The van der Waals surface area contributed by atoms with Gasteiger partial charge in [0.15, 0.2) is 23.2 Å². The number of nitrogens with zero attached hydrogens (tertiary/aromatic N) is 5. The van der Waals surface area contributed by atoms with Crippen molar-refractivity contribution in [1.82, 2.24) is 19.8 Å². The number of benzene rings is 1. The Hall–Kier alpha value is -4.05. The van der Waals surface area contributed by atoms with Gasteiger partial charge >= 0.3 is 18.2 Å². The van der Waals surface area contributed by atoms with Crippen LogP contribution in [0, 0.1) is 11.6 Å². The normalized spacial score (nSPS) is 15.5. The number of halogens is 7. The van der Waals surface area contributed by atoms with Gasteiger partial charge in [-0.05, 0) is 12.1 Å². The average molecular weight is 611 g/mol. The van der Waals surface area contributed by atoms with E-state index in [2.05, 4.69) is 10.3 Å². The largest absolute Gasteiger partial charge is 0.490 e. The summed E-state index contributed by atoms with van der Waals surface area (Å²) >= 11 is 0. The maximum atomic E-state index is 13.9. The van der Waals surface area contributed by atoms with Gasteiger partial charge in [0.25, 0.3) is 6.43 Å². The van der Waals surface area contributed by atoms with Crippen LogP contribution in [-0.2, 0) is 17.8 Å². The molecule has 1 aromatic heterocycles. The van der Waals surface area contributed by atoms with Crippen molar-refractivity contribution in [3.63, 3.8) is 0 Å². The highest BCUT2D eigenvalue weighted by atomic mass is 19.4. The lowest BCUT2D eigenvalue weighted by molar-refractivity contribution is -0.192. The van der Waals surface area contributed by atoms with Gasteiger partial charge in [0.2, 0.25) is 0 Å². The fourth-order valence-electron chi connectivity index (χ4n) is 4.22. The summed E-state index contributed by atoms with van der Waals surface area (Å²) in [5.74, 6) is -3.47. The molecule has 4 rings (SSSR count). The molecule has 2 aromatic rings. The number of piperidine rings is 1. The first-order valence-corrected chi connectivity index (χ1v) is 12.7. The van der Waals surface area contributed by atoms with Crippen LogP contribution >= 0.6 is 0 Å². The number of alkyl halides is 5. The first-order valence-electron chi connectivity index (χ1n) is 12.7. The Balaban J connectivity index is 0.000000616. The van der Waals surface area contributed by atoms with E-state index >= 15 is 0 Å². The van der Waals surface area contributed by atoms with E-state index in [4.69, 9.17) is 19.6 Å². The predicted octanol–water partition coefficient (Wildman–Crippen LogP) is 4.15. The number of hydrogen-bond acceptors (Lipinski definition) is 7. The third-order valence-electron chi connectivity index (χ3n) is 6.24. The summed E-state index contributed by atoms with van der Waals surface area (Å²) in [4.78, 5) is 35.6. The fraction of sp³-hybridized carbons (Fsp3) is 0.520. The second-order valence-corrected chi connectivity index (χ2v) is 9.59. The summed E-state index contributed by atoms with van der Waals surface area (Å²) in [5, 5.41) is 9.82. The van der Waals surface area contributed by atoms with E-state index in [0.29, 0.717) is 50.4 Å². The lowest BCUT2D eigenvalue weighted by Gasteiger charge is -2.35. The zero-order valence-corrected chi connectivity index (χ0v) is 22.6. The zero-order chi connectivity index (χ0) is 31.2. The second kappa shape index (κ2) is 13.7. The van der Waals surface area contributed by atoms with Crippen LogP contribution in [0.3, 0.4) is 0 Å². The maximum absolute atomic E-state index is 13.9. The highest BCUT2D eigenvalue weighted by Crippen LogP contribution is 2.30. The Morgan fingerprint density at radius 3 is 2.31 bits per heavy atom. The summed E-state index contributed by atoms with van der Waals surface area (Å²) in [6, 6.07) is 3.04. The first-order chi connectivity index (χ1) is 19.6. The lowest BCUT2D eigenvalue weighted by atomic mass is 10.1. The SMILES string of the molecule is CN(C)C(=O)N1CCc2nc(N3CCC(Oc4ccc(F)cc4F)CC3)c(NCC(F)F)nc2C1.O=C(O)C(F)(F)F. The molecular formula is C25H29F7N6O4. The third kappa shape index (κ3) is 8.72. The summed E-state index contributed by atoms with van der Waals surface area (Å²) in [5.41, 5.74) is 1.31. The second-order valence-electron chi connectivity index (χ2n) is 9.59. The molecule has 0 radical (unpaired) electrons. The van der Waals surface area contributed by atoms with E-state index < -0.39 is 36.8 Å². The van der Waals surface area contributed by atoms with E-state index in [-0.39, 0.29) is 30.2 Å². The van der Waals surface area contributed by atoms with Gasteiger partial charge in [-0.2, -0.15) is 13.2 Å². The predicted molar refractivity (Wildman–Crippen MR) is 136 cm³/mol. The van der Waals surface area contributed by atoms with E-state index in [1.165, 1.54) is 11.0 Å². The summed E-state index contributed by atoms with van der Waals surface area (Å²) in [6.45, 7) is 1.15. The minimum Gasteiger partial charge on any atom is -0.487 e. The number of carboxylic acids is 1. The lowest BCUT2D eigenvalue weighted by Crippen LogP contribution is -2.43. The number of urea groups is 1. The summed E-state index contributed by atoms with van der Waals surface area (Å²) in [7, 11) is 3.33. The number of aromatic nitrogens is 2. The Kier molecular flexibility index (Phi) is 10.6. The molecule has 10 nitrogen and oxygen atoms in total. The molecule has 2 aliphatic rings. The number of carbonyl (C=O) groups is 2. The molecule has 1 aromatic carbocycles. The minimum absolute atomic E-state index is 0.00506. The Morgan fingerprint density at radius 2 is 1.76 bits per heavy atom. The van der Waals surface area contributed by atoms with Crippen molar-refractivity contribution in [2.75, 3.05) is 50.5 Å². The molecule has 2 amide bonds. The van der Waals surface area contributed by atoms with Crippen LogP contribution in [0.4, 0.5) is 47.2 Å². The molecule has 0 unspecified atom stereocenters. The van der Waals surface area contributed by atoms with Crippen LogP contribution < -0.4 is 15.0 Å². The number of ether oxygens (including phenoxy) is 1. The molecule has 0 aliphatic carbocycles. The molecule has 0 bridgehead atoms. The van der Waals surface area contributed by atoms with Gasteiger partial charge in [0, 0.05) is 59.1 Å². The quantitative estimate of drug-likeness (QED) is 0.470. The van der Waals surface area contributed by atoms with Gasteiger partial charge in [0.05, 0.1) is 24.5 Å². The Morgan fingerprint density at radius 1 is 1.12 bits per heavy atom. The average Bonchev–Trinajstić information content (AvgIpc) is 2.92. The van der Waals surface area contributed by atoms with Crippen molar-refractivity contribution in [2.45, 2.75) is 44.5 Å². The van der Waals surface area contributed by atoms with Crippen molar-refractivity contribution in [3.8, 4) is 5.75 Å². The number of nitrogens with one attached hydrogen (secondary N) is 1. The number of carbonyl (C=O) groups excluding carboxylic acids is 1. The van der Waals surface area contributed by atoms with Gasteiger partial charge in [-0.3, -0.25) is 0 Å². The first kappa shape index (κ1) is 32.5. The molecule has 0 saturated carbocycles. The van der Waals surface area contributed by atoms with E-state index in [0.717, 1.165) is 17.8 Å². The van der Waals surface area contributed by atoms with Crippen LogP contribution in [0.25, 0.3) is 0 Å². The van der Waals surface area contributed by atoms with Crippen LogP contribution in [-0.4, -0.2) is 95.9 Å². The number of fused-ring (bicyclic) bond motifs is 1. The summed E-state index contributed by atoms with van der Waals surface area (Å²) < 4.78 is 90.4. The highest BCUT2D eigenvalue weighted by Gasteiger charge is 2.38. The molecule has 2 aliphatic heterocycles. The molecular weight excluding hydrogens is 581 g/mol. The van der Waals surface area contributed by atoms with Crippen molar-refractivity contribution in [1.29, 1.82) is 0 Å². The molecule has 42 heavy (non-hydrogen) atoms. The number of hydrogen-bond donors (Lipinski definition) is 2.